The van der Waals surface area contributed by atoms with Gasteiger partial charge in [0.05, 0.1) is 0 Å². The first-order valence-electron chi connectivity index (χ1n) is 7.03. The van der Waals surface area contributed by atoms with Crippen LogP contribution in [0.25, 0.3) is 0 Å². The molecule has 0 radical (unpaired) electrons. The van der Waals surface area contributed by atoms with E-state index in [1.807, 2.05) is 0 Å². The van der Waals surface area contributed by atoms with Gasteiger partial charge in [-0.3, -0.25) is 9.80 Å². The van der Waals surface area contributed by atoms with Gasteiger partial charge in [0.25, 0.3) is 0 Å². The molecule has 0 aromatic rings. The van der Waals surface area contributed by atoms with Gasteiger partial charge in [-0.05, 0) is 46.6 Å². The SMILES string of the molecule is CCC1CN2CCCCC2CN1C(C)(C)C. The summed E-state index contributed by atoms with van der Waals surface area (Å²) in [6, 6.07) is 1.62. The molecular weight excluding hydrogens is 196 g/mol. The Bertz CT molecular complexity index is 231. The van der Waals surface area contributed by atoms with Crippen molar-refractivity contribution < 1.29 is 0 Å². The fourth-order valence-corrected chi connectivity index (χ4v) is 3.42. The van der Waals surface area contributed by atoms with Crippen molar-refractivity contribution >= 4 is 0 Å². The van der Waals surface area contributed by atoms with Gasteiger partial charge in [0.1, 0.15) is 0 Å². The Hall–Kier alpha value is -0.0800. The van der Waals surface area contributed by atoms with Gasteiger partial charge in [0, 0.05) is 30.7 Å². The highest BCUT2D eigenvalue weighted by Crippen LogP contribution is 2.29. The second kappa shape index (κ2) is 4.66. The first kappa shape index (κ1) is 12.4. The monoisotopic (exact) mass is 224 g/mol. The molecule has 0 saturated carbocycles. The van der Waals surface area contributed by atoms with E-state index in [4.69, 9.17) is 0 Å². The zero-order valence-electron chi connectivity index (χ0n) is 11.5. The average molecular weight is 224 g/mol. The Labute approximate surface area is 101 Å². The van der Waals surface area contributed by atoms with Crippen molar-refractivity contribution in [2.45, 2.75) is 71.0 Å². The molecule has 0 aromatic carbocycles. The van der Waals surface area contributed by atoms with Crippen LogP contribution in [0.2, 0.25) is 0 Å². The second-order valence-electron chi connectivity index (χ2n) is 6.53. The van der Waals surface area contributed by atoms with E-state index in [2.05, 4.69) is 37.5 Å². The molecule has 2 nitrogen and oxygen atoms in total. The van der Waals surface area contributed by atoms with Gasteiger partial charge in [-0.15, -0.1) is 0 Å². The van der Waals surface area contributed by atoms with Crippen LogP contribution >= 0.6 is 0 Å². The first-order valence-corrected chi connectivity index (χ1v) is 7.03. The largest absolute Gasteiger partial charge is 0.298 e. The van der Waals surface area contributed by atoms with Crippen LogP contribution in [0.15, 0.2) is 0 Å². The molecule has 94 valence electrons. The third-order valence-electron chi connectivity index (χ3n) is 4.38. The minimum absolute atomic E-state index is 0.338. The lowest BCUT2D eigenvalue weighted by molar-refractivity contribution is -0.0369. The van der Waals surface area contributed by atoms with E-state index in [-0.39, 0.29) is 0 Å². The highest BCUT2D eigenvalue weighted by molar-refractivity contribution is 4.94. The van der Waals surface area contributed by atoms with Crippen LogP contribution in [0.4, 0.5) is 0 Å². The number of hydrogen-bond acceptors (Lipinski definition) is 2. The molecule has 2 rings (SSSR count). The number of fused-ring (bicyclic) bond motifs is 1. The molecule has 2 aliphatic heterocycles. The minimum Gasteiger partial charge on any atom is -0.298 e. The Balaban J connectivity index is 2.08. The molecule has 2 heteroatoms. The highest BCUT2D eigenvalue weighted by Gasteiger charge is 2.38. The van der Waals surface area contributed by atoms with Gasteiger partial charge in [-0.2, -0.15) is 0 Å². The molecule has 2 atom stereocenters. The fourth-order valence-electron chi connectivity index (χ4n) is 3.42. The smallest absolute Gasteiger partial charge is 0.0226 e. The van der Waals surface area contributed by atoms with Crippen LogP contribution in [0.3, 0.4) is 0 Å². The van der Waals surface area contributed by atoms with Crippen LogP contribution in [0.1, 0.15) is 53.4 Å². The first-order chi connectivity index (χ1) is 7.52. The van der Waals surface area contributed by atoms with E-state index in [9.17, 15) is 0 Å². The Morgan fingerprint density at radius 2 is 1.88 bits per heavy atom. The zero-order chi connectivity index (χ0) is 11.8. The van der Waals surface area contributed by atoms with Crippen molar-refractivity contribution in [3.63, 3.8) is 0 Å². The quantitative estimate of drug-likeness (QED) is 0.676. The van der Waals surface area contributed by atoms with Crippen molar-refractivity contribution in [1.82, 2.24) is 9.80 Å². The van der Waals surface area contributed by atoms with Crippen molar-refractivity contribution in [3.8, 4) is 0 Å². The van der Waals surface area contributed by atoms with Crippen LogP contribution in [-0.2, 0) is 0 Å². The molecule has 2 heterocycles. The summed E-state index contributed by atoms with van der Waals surface area (Å²) in [5, 5.41) is 0. The number of piperidine rings is 1. The molecule has 2 unspecified atom stereocenters. The second-order valence-corrected chi connectivity index (χ2v) is 6.53. The van der Waals surface area contributed by atoms with Crippen molar-refractivity contribution in [2.24, 2.45) is 0 Å². The summed E-state index contributed by atoms with van der Waals surface area (Å²) < 4.78 is 0. The van der Waals surface area contributed by atoms with Gasteiger partial charge in [0.2, 0.25) is 0 Å². The fraction of sp³-hybridized carbons (Fsp3) is 1.00. The lowest BCUT2D eigenvalue weighted by Crippen LogP contribution is -2.63. The summed E-state index contributed by atoms with van der Waals surface area (Å²) in [6.07, 6.45) is 5.57. The predicted molar refractivity (Wildman–Crippen MR) is 69.8 cm³/mol. The van der Waals surface area contributed by atoms with Crippen LogP contribution in [-0.4, -0.2) is 47.1 Å². The van der Waals surface area contributed by atoms with Gasteiger partial charge in [0.15, 0.2) is 0 Å². The standard InChI is InChI=1S/C14H28N2/c1-5-12-10-15-9-7-6-8-13(15)11-16(12)14(2,3)4/h12-13H,5-11H2,1-4H3. The number of rotatable bonds is 1. The highest BCUT2D eigenvalue weighted by atomic mass is 15.3. The van der Waals surface area contributed by atoms with Gasteiger partial charge in [-0.25, -0.2) is 0 Å². The normalized spacial score (nSPS) is 33.8. The Kier molecular flexibility index (Phi) is 3.60. The minimum atomic E-state index is 0.338. The van der Waals surface area contributed by atoms with Gasteiger partial charge in [-0.1, -0.05) is 13.3 Å². The van der Waals surface area contributed by atoms with Gasteiger partial charge < -0.3 is 0 Å². The lowest BCUT2D eigenvalue weighted by atomic mass is 9.91. The molecule has 0 N–H and O–H groups in total. The molecule has 2 fully saturated rings. The third kappa shape index (κ3) is 2.43. The number of hydrogen-bond donors (Lipinski definition) is 0. The van der Waals surface area contributed by atoms with Crippen LogP contribution < -0.4 is 0 Å². The summed E-state index contributed by atoms with van der Waals surface area (Å²) in [7, 11) is 0. The van der Waals surface area contributed by atoms with Crippen molar-refractivity contribution in [2.75, 3.05) is 19.6 Å². The van der Waals surface area contributed by atoms with E-state index in [1.165, 1.54) is 45.3 Å². The topological polar surface area (TPSA) is 6.48 Å². The number of nitrogens with zero attached hydrogens (tertiary/aromatic N) is 2. The van der Waals surface area contributed by atoms with E-state index in [0.29, 0.717) is 5.54 Å². The molecule has 0 bridgehead atoms. The maximum Gasteiger partial charge on any atom is 0.0226 e. The Morgan fingerprint density at radius 1 is 1.12 bits per heavy atom. The maximum atomic E-state index is 2.75. The Morgan fingerprint density at radius 3 is 2.50 bits per heavy atom. The summed E-state index contributed by atoms with van der Waals surface area (Å²) in [6.45, 7) is 13.4. The number of piperazine rings is 1. The molecule has 0 spiro atoms. The van der Waals surface area contributed by atoms with Crippen LogP contribution in [0.5, 0.6) is 0 Å². The summed E-state index contributed by atoms with van der Waals surface area (Å²) in [5.41, 5.74) is 0.338. The van der Waals surface area contributed by atoms with E-state index in [1.54, 1.807) is 0 Å². The predicted octanol–water partition coefficient (Wildman–Crippen LogP) is 2.73. The average Bonchev–Trinajstić information content (AvgIpc) is 2.26. The van der Waals surface area contributed by atoms with Crippen molar-refractivity contribution in [1.29, 1.82) is 0 Å². The molecule has 16 heavy (non-hydrogen) atoms. The third-order valence-corrected chi connectivity index (χ3v) is 4.38. The maximum absolute atomic E-state index is 2.75. The summed E-state index contributed by atoms with van der Waals surface area (Å²) in [4.78, 5) is 5.50. The van der Waals surface area contributed by atoms with Gasteiger partial charge >= 0.3 is 0 Å². The molecular formula is C14H28N2. The zero-order valence-corrected chi connectivity index (χ0v) is 11.5. The molecule has 0 aromatic heterocycles. The summed E-state index contributed by atoms with van der Waals surface area (Å²) in [5.74, 6) is 0. The lowest BCUT2D eigenvalue weighted by Gasteiger charge is -2.53. The van der Waals surface area contributed by atoms with Crippen LogP contribution in [0, 0.1) is 0 Å². The molecule has 0 aliphatic carbocycles. The summed E-state index contributed by atoms with van der Waals surface area (Å²) >= 11 is 0. The van der Waals surface area contributed by atoms with Crippen molar-refractivity contribution in [3.05, 3.63) is 0 Å². The molecule has 0 amide bonds. The molecule has 2 aliphatic rings. The van der Waals surface area contributed by atoms with E-state index < -0.39 is 0 Å². The van der Waals surface area contributed by atoms with E-state index in [0.717, 1.165) is 12.1 Å². The molecule has 2 saturated heterocycles. The van der Waals surface area contributed by atoms with E-state index >= 15 is 0 Å².